The van der Waals surface area contributed by atoms with E-state index in [2.05, 4.69) is 57.2 Å². The van der Waals surface area contributed by atoms with E-state index in [4.69, 9.17) is 11.5 Å². The lowest BCUT2D eigenvalue weighted by Gasteiger charge is -2.31. The van der Waals surface area contributed by atoms with Gasteiger partial charge in [0.15, 0.2) is 0 Å². The van der Waals surface area contributed by atoms with Gasteiger partial charge in [0.05, 0.1) is 25.0 Å². The number of hydrogen-bond acceptors (Lipinski definition) is 16. The number of para-hydroxylation sites is 1. The molecule has 1 saturated heterocycles. The van der Waals surface area contributed by atoms with Gasteiger partial charge in [0.2, 0.25) is 59.1 Å². The molecule has 10 amide bonds. The predicted molar refractivity (Wildman–Crippen MR) is 372 cm³/mol. The molecule has 1 fully saturated rings. The lowest BCUT2D eigenvalue weighted by Crippen LogP contribution is -2.61. The maximum Gasteiger partial charge on any atom is 0.305 e. The fourth-order valence-corrected chi connectivity index (χ4v) is 14.0. The summed E-state index contributed by atoms with van der Waals surface area (Å²) < 4.78 is 15.0. The largest absolute Gasteiger partial charge is 0.508 e. The minimum Gasteiger partial charge on any atom is -0.508 e. The lowest BCUT2D eigenvalue weighted by atomic mass is 10.00. The molecule has 5 heterocycles. The van der Waals surface area contributed by atoms with E-state index >= 15 is 14.4 Å². The average Bonchev–Trinajstić information content (AvgIpc) is 1.62. The molecule has 0 saturated carbocycles. The number of aromatic amines is 3. The number of aliphatic carboxylic acids is 1. The molecular formula is C69H82FN15O13S2. The van der Waals surface area contributed by atoms with Crippen LogP contribution in [0.3, 0.4) is 0 Å². The minimum atomic E-state index is -2.01. The van der Waals surface area contributed by atoms with Gasteiger partial charge in [-0.3, -0.25) is 52.7 Å². The van der Waals surface area contributed by atoms with Gasteiger partial charge in [-0.1, -0.05) is 54.6 Å². The first kappa shape index (κ1) is 74.0. The summed E-state index contributed by atoms with van der Waals surface area (Å²) in [5, 5.41) is 40.2. The number of benzene rings is 4. The Bertz CT molecular complexity index is 4080. The van der Waals surface area contributed by atoms with Crippen LogP contribution in [0, 0.1) is 5.82 Å². The summed E-state index contributed by atoms with van der Waals surface area (Å²) in [6.45, 7) is -0.290. The number of unbranched alkanes of at least 4 members (excludes halogenated alkanes) is 1. The molecule has 9 rings (SSSR count). The number of carbonyl (C=O) groups is 11. The van der Waals surface area contributed by atoms with Gasteiger partial charge in [0, 0.05) is 109 Å². The number of hydrogen-bond donors (Lipinski definition) is 14. The Morgan fingerprint density at radius 1 is 0.670 bits per heavy atom. The van der Waals surface area contributed by atoms with Crippen LogP contribution < -0.4 is 48.7 Å². The van der Waals surface area contributed by atoms with E-state index in [9.17, 15) is 53.0 Å². The third kappa shape index (κ3) is 20.4. The SMILES string of the molecule is CN1C(=O)CNC(=O)[C@H](CCCCN)NC(=O)CCSCc2cccc(c2)CSC[C@@H](C(N)=O)NC(=O)[C@@H]2CCCN2C(=O)[C@H](Cc2ccc(O)cc2)NC(=O)[C@H](Cc2c[nH]cn2)NC(=O)[C@H](CC(=O)O)NC(=O)[C@H](Cc2c[nH]c3ccc(F)cc23)NC(=O)[C@@H]1Cc1c[nH]c2ccccc12. The third-order valence-corrected chi connectivity index (χ3v) is 19.6. The molecule has 4 aromatic carbocycles. The predicted octanol–water partition coefficient (Wildman–Crippen LogP) is 1.99. The van der Waals surface area contributed by atoms with Crippen LogP contribution in [0.5, 0.6) is 5.75 Å². The van der Waals surface area contributed by atoms with E-state index in [0.29, 0.717) is 76.0 Å². The highest BCUT2D eigenvalue weighted by atomic mass is 32.2. The van der Waals surface area contributed by atoms with Gasteiger partial charge in [-0.25, -0.2) is 9.37 Å². The summed E-state index contributed by atoms with van der Waals surface area (Å²) in [6.07, 6.45) is 5.26. The highest BCUT2D eigenvalue weighted by Crippen LogP contribution is 2.26. The number of aromatic nitrogens is 4. The van der Waals surface area contributed by atoms with Gasteiger partial charge in [-0.15, -0.1) is 0 Å². The number of carbonyl (C=O) groups excluding carboxylic acids is 10. The van der Waals surface area contributed by atoms with E-state index in [-0.39, 0.29) is 67.8 Å². The first-order valence-corrected chi connectivity index (χ1v) is 35.1. The number of aromatic hydroxyl groups is 1. The molecule has 7 aromatic rings. The van der Waals surface area contributed by atoms with Crippen molar-refractivity contribution < 1.29 is 67.3 Å². The fraction of sp³-hybridized carbons (Fsp3) is 0.391. The van der Waals surface area contributed by atoms with Crippen molar-refractivity contribution >= 4 is 110 Å². The van der Waals surface area contributed by atoms with Crippen molar-refractivity contribution in [1.82, 2.24) is 67.0 Å². The number of halogens is 1. The van der Waals surface area contributed by atoms with E-state index in [0.717, 1.165) is 16.0 Å². The summed E-state index contributed by atoms with van der Waals surface area (Å²) in [4.78, 5) is 173. The highest BCUT2D eigenvalue weighted by molar-refractivity contribution is 7.98. The summed E-state index contributed by atoms with van der Waals surface area (Å²) >= 11 is 2.82. The molecule has 2 aliphatic rings. The number of nitrogens with two attached hydrogens (primary N) is 2. The number of nitrogens with one attached hydrogen (secondary N) is 10. The molecule has 530 valence electrons. The molecule has 0 aliphatic carbocycles. The Morgan fingerprint density at radius 2 is 1.34 bits per heavy atom. The molecule has 0 unspecified atom stereocenters. The van der Waals surface area contributed by atoms with Crippen LogP contribution >= 0.6 is 23.5 Å². The molecule has 0 spiro atoms. The second kappa shape index (κ2) is 35.5. The number of fused-ring (bicyclic) bond motifs is 5. The van der Waals surface area contributed by atoms with Crippen LogP contribution in [-0.2, 0) is 89.9 Å². The molecule has 100 heavy (non-hydrogen) atoms. The molecule has 28 nitrogen and oxygen atoms in total. The number of phenolic OH excluding ortho intramolecular Hbond substituents is 1. The number of H-pyrrole nitrogens is 3. The minimum absolute atomic E-state index is 0.0355. The number of thioether (sulfide) groups is 2. The third-order valence-electron chi connectivity index (χ3n) is 17.4. The van der Waals surface area contributed by atoms with E-state index in [1.165, 1.54) is 96.7 Å². The van der Waals surface area contributed by atoms with Crippen LogP contribution in [-0.4, -0.2) is 192 Å². The molecule has 2 aliphatic heterocycles. The number of carboxylic acids is 1. The molecule has 31 heteroatoms. The van der Waals surface area contributed by atoms with Crippen LogP contribution in [0.4, 0.5) is 4.39 Å². The van der Waals surface area contributed by atoms with E-state index in [1.54, 1.807) is 30.5 Å². The van der Waals surface area contributed by atoms with Gasteiger partial charge in [-0.2, -0.15) is 23.5 Å². The molecule has 3 aromatic heterocycles. The topological polar surface area (TPSA) is 431 Å². The maximum atomic E-state index is 15.3. The van der Waals surface area contributed by atoms with Crippen molar-refractivity contribution in [3.8, 4) is 5.75 Å². The van der Waals surface area contributed by atoms with Gasteiger partial charge in [0.25, 0.3) is 0 Å². The number of amides is 10. The van der Waals surface area contributed by atoms with Crippen molar-refractivity contribution in [3.63, 3.8) is 0 Å². The van der Waals surface area contributed by atoms with Crippen LogP contribution in [0.2, 0.25) is 0 Å². The second-order valence-electron chi connectivity index (χ2n) is 24.7. The Kier molecular flexibility index (Phi) is 26.2. The Balaban J connectivity index is 1.06. The lowest BCUT2D eigenvalue weighted by molar-refractivity contribution is -0.143. The number of nitrogens with zero attached hydrogens (tertiary/aromatic N) is 3. The van der Waals surface area contributed by atoms with Crippen LogP contribution in [0.15, 0.2) is 116 Å². The average molecular weight is 1410 g/mol. The first-order chi connectivity index (χ1) is 48.1. The van der Waals surface area contributed by atoms with Crippen molar-refractivity contribution in [1.29, 1.82) is 0 Å². The van der Waals surface area contributed by atoms with Crippen molar-refractivity contribution in [2.24, 2.45) is 11.5 Å². The summed E-state index contributed by atoms with van der Waals surface area (Å²) in [5.41, 5.74) is 16.1. The molecule has 0 radical (unpaired) electrons. The fourth-order valence-electron chi connectivity index (χ4n) is 12.1. The summed E-state index contributed by atoms with van der Waals surface area (Å²) in [5.74, 6) is -9.36. The van der Waals surface area contributed by atoms with Gasteiger partial charge >= 0.3 is 5.97 Å². The second-order valence-corrected chi connectivity index (χ2v) is 26.8. The number of phenols is 1. The highest BCUT2D eigenvalue weighted by Gasteiger charge is 2.41. The first-order valence-electron chi connectivity index (χ1n) is 32.8. The summed E-state index contributed by atoms with van der Waals surface area (Å²) in [6, 6.07) is 12.7. The number of imidazole rings is 1. The van der Waals surface area contributed by atoms with Gasteiger partial charge in [-0.05, 0) is 103 Å². The maximum absolute atomic E-state index is 15.3. The normalized spacial score (nSPS) is 22.2. The zero-order chi connectivity index (χ0) is 71.4. The number of primary amides is 1. The smallest absolute Gasteiger partial charge is 0.305 e. The Morgan fingerprint density at radius 3 is 2.05 bits per heavy atom. The standard InChI is InChI=1S/C69H82FN15O13S2/c1-84-58(27-43-32-74-49-11-3-2-10-47(43)49)68(97)81-52(26-42-31-75-50-19-16-44(70)28-48(42)50)64(93)80-54(30-61(89)90)66(95)79-53(29-45-33-73-38-77-45)65(94)82-55(25-39-14-17-46(86)18-15-39)69(98)85-22-7-13-57(85)67(96)83-56(62(72)91)37-100-36-41-9-6-8-40(24-41)35-99-23-20-59(87)78-51(12-4-5-21-71)63(92)76-34-60(84)88/h2-3,6,8-11,14-19,24,28,31-33,38,51-58,74-75,86H,4-5,7,12-13,20-23,25-27,29-30,34-37,71H2,1H3,(H2,72,91)(H,73,77)(H,76,92)(H,78,87)(H,79,95)(H,80,93)(H,81,97)(H,82,94)(H,83,96)(H,89,90)/t51-,52-,53-,54-,55-,56-,57-,58-/m0/s1. The molecule has 8 atom stereocenters. The Labute approximate surface area is 583 Å². The van der Waals surface area contributed by atoms with Crippen molar-refractivity contribution in [3.05, 3.63) is 155 Å². The van der Waals surface area contributed by atoms with E-state index < -0.39 is 139 Å². The molecule has 16 N–H and O–H groups in total. The number of likely N-dealkylation sites (N-methyl/N-ethyl adjacent to an activating group) is 1. The monoisotopic (exact) mass is 1410 g/mol. The number of rotatable bonds is 15. The summed E-state index contributed by atoms with van der Waals surface area (Å²) in [7, 11) is 1.33. The Hall–Kier alpha value is -10.3. The molecule has 2 bridgehead atoms. The zero-order valence-corrected chi connectivity index (χ0v) is 56.5. The van der Waals surface area contributed by atoms with Crippen molar-refractivity contribution in [2.75, 3.05) is 38.2 Å². The molecular weight excluding hydrogens is 1330 g/mol. The zero-order valence-electron chi connectivity index (χ0n) is 54.9. The van der Waals surface area contributed by atoms with Gasteiger partial charge in [0.1, 0.15) is 59.9 Å². The van der Waals surface area contributed by atoms with Gasteiger partial charge < -0.3 is 83.6 Å². The number of carboxylic acid groups (broad SMARTS) is 1. The van der Waals surface area contributed by atoms with Crippen molar-refractivity contribution in [2.45, 2.75) is 130 Å². The van der Waals surface area contributed by atoms with Crippen LogP contribution in [0.25, 0.3) is 21.8 Å². The van der Waals surface area contributed by atoms with E-state index in [1.807, 2.05) is 24.3 Å². The quantitative estimate of drug-likeness (QED) is 0.0653. The van der Waals surface area contributed by atoms with Crippen LogP contribution in [0.1, 0.15) is 78.5 Å².